The fourth-order valence-electron chi connectivity index (χ4n) is 3.59. The first-order chi connectivity index (χ1) is 12.3. The van der Waals surface area contributed by atoms with E-state index < -0.39 is 0 Å². The topological polar surface area (TPSA) is 61.4 Å². The lowest BCUT2D eigenvalue weighted by Crippen LogP contribution is -2.49. The van der Waals surface area contributed by atoms with Gasteiger partial charge in [-0.15, -0.1) is 36.2 Å². The van der Waals surface area contributed by atoms with Gasteiger partial charge >= 0.3 is 0 Å². The van der Waals surface area contributed by atoms with Gasteiger partial charge in [0.05, 0.1) is 12.1 Å². The molecule has 0 bridgehead atoms. The Hall–Kier alpha value is -1.25. The number of carbonyl (C=O) groups excluding carboxylic acids is 1. The third-order valence-corrected chi connectivity index (χ3v) is 5.92. The van der Waals surface area contributed by atoms with Crippen molar-refractivity contribution in [3.8, 4) is 10.6 Å². The Morgan fingerprint density at radius 2 is 2.07 bits per heavy atom. The molecule has 0 aromatic carbocycles. The number of rotatable bonds is 4. The van der Waals surface area contributed by atoms with Crippen LogP contribution in [0.25, 0.3) is 10.6 Å². The normalized spacial score (nSPS) is 20.0. The van der Waals surface area contributed by atoms with Gasteiger partial charge in [-0.05, 0) is 18.6 Å². The Morgan fingerprint density at radius 1 is 1.26 bits per heavy atom. The molecule has 2 aromatic rings. The Bertz CT molecular complexity index is 724. The Morgan fingerprint density at radius 3 is 2.81 bits per heavy atom. The molecular weight excluding hydrogens is 405 g/mol. The lowest BCUT2D eigenvalue weighted by Gasteiger charge is -2.32. The van der Waals surface area contributed by atoms with Crippen LogP contribution in [0.15, 0.2) is 29.9 Å². The highest BCUT2D eigenvalue weighted by atomic mass is 35.5. The SMILES string of the molecule is Cl.Cl.O=C(Cc1csc(-c2cccnc2)n1)N1CCC(N2CCNCC2)C1. The molecule has 1 amide bonds. The van der Waals surface area contributed by atoms with Crippen LogP contribution in [-0.2, 0) is 11.2 Å². The smallest absolute Gasteiger partial charge is 0.228 e. The van der Waals surface area contributed by atoms with Gasteiger partial charge in [0.15, 0.2) is 0 Å². The highest BCUT2D eigenvalue weighted by Gasteiger charge is 2.31. The fraction of sp³-hybridized carbons (Fsp3) is 0.500. The molecule has 2 saturated heterocycles. The molecule has 2 fully saturated rings. The van der Waals surface area contributed by atoms with E-state index in [4.69, 9.17) is 0 Å². The standard InChI is InChI=1S/C18H23N5OS.2ClH/c24-17(23-7-3-16(12-23)22-8-5-19-6-9-22)10-15-13-25-18(21-15)14-2-1-4-20-11-14;;/h1-2,4,11,13,16,19H,3,5-10,12H2;2*1H. The van der Waals surface area contributed by atoms with Crippen molar-refractivity contribution in [2.24, 2.45) is 0 Å². The maximum atomic E-state index is 12.6. The minimum absolute atomic E-state index is 0. The van der Waals surface area contributed by atoms with Gasteiger partial charge in [0.1, 0.15) is 5.01 Å². The third kappa shape index (κ3) is 5.39. The van der Waals surface area contributed by atoms with Crippen LogP contribution in [0, 0.1) is 0 Å². The summed E-state index contributed by atoms with van der Waals surface area (Å²) in [6, 6.07) is 4.42. The number of piperazine rings is 1. The zero-order valence-corrected chi connectivity index (χ0v) is 17.5. The zero-order valence-electron chi connectivity index (χ0n) is 15.0. The summed E-state index contributed by atoms with van der Waals surface area (Å²) < 4.78 is 0. The van der Waals surface area contributed by atoms with Crippen LogP contribution in [0.5, 0.6) is 0 Å². The summed E-state index contributed by atoms with van der Waals surface area (Å²) >= 11 is 1.57. The number of hydrogen-bond acceptors (Lipinski definition) is 6. The number of thiazole rings is 1. The minimum atomic E-state index is 0. The summed E-state index contributed by atoms with van der Waals surface area (Å²) in [4.78, 5) is 25.9. The Labute approximate surface area is 176 Å². The van der Waals surface area contributed by atoms with Crippen LogP contribution < -0.4 is 5.32 Å². The largest absolute Gasteiger partial charge is 0.341 e. The molecule has 148 valence electrons. The molecule has 27 heavy (non-hydrogen) atoms. The summed E-state index contributed by atoms with van der Waals surface area (Å²) in [7, 11) is 0. The van der Waals surface area contributed by atoms with Crippen molar-refractivity contribution in [2.75, 3.05) is 39.3 Å². The van der Waals surface area contributed by atoms with Crippen LogP contribution in [0.1, 0.15) is 12.1 Å². The second kappa shape index (κ2) is 10.3. The van der Waals surface area contributed by atoms with Gasteiger partial charge in [0, 0.05) is 68.6 Å². The molecule has 1 atom stereocenters. The van der Waals surface area contributed by atoms with E-state index >= 15 is 0 Å². The quantitative estimate of drug-likeness (QED) is 0.805. The molecule has 0 radical (unpaired) electrons. The van der Waals surface area contributed by atoms with Gasteiger partial charge < -0.3 is 10.2 Å². The van der Waals surface area contributed by atoms with Gasteiger partial charge in [-0.2, -0.15) is 0 Å². The van der Waals surface area contributed by atoms with E-state index in [1.165, 1.54) is 0 Å². The lowest BCUT2D eigenvalue weighted by molar-refractivity contribution is -0.129. The van der Waals surface area contributed by atoms with E-state index in [1.807, 2.05) is 28.6 Å². The van der Waals surface area contributed by atoms with Crippen molar-refractivity contribution in [3.05, 3.63) is 35.6 Å². The summed E-state index contributed by atoms with van der Waals surface area (Å²) in [6.07, 6.45) is 5.04. The second-order valence-corrected chi connectivity index (χ2v) is 7.49. The summed E-state index contributed by atoms with van der Waals surface area (Å²) in [5.41, 5.74) is 1.87. The first-order valence-electron chi connectivity index (χ1n) is 8.87. The summed E-state index contributed by atoms with van der Waals surface area (Å²) in [6.45, 7) is 6.02. The van der Waals surface area contributed by atoms with Crippen molar-refractivity contribution in [1.29, 1.82) is 0 Å². The predicted molar refractivity (Wildman–Crippen MR) is 113 cm³/mol. The Kier molecular flexibility index (Phi) is 8.44. The minimum Gasteiger partial charge on any atom is -0.341 e. The van der Waals surface area contributed by atoms with Gasteiger partial charge in [-0.3, -0.25) is 14.7 Å². The maximum Gasteiger partial charge on any atom is 0.228 e. The van der Waals surface area contributed by atoms with Gasteiger partial charge in [-0.25, -0.2) is 4.98 Å². The van der Waals surface area contributed by atoms with Crippen LogP contribution in [-0.4, -0.2) is 71.0 Å². The average Bonchev–Trinajstić information content (AvgIpc) is 3.33. The number of pyridine rings is 1. The van der Waals surface area contributed by atoms with E-state index in [2.05, 4.69) is 20.2 Å². The number of likely N-dealkylation sites (tertiary alicyclic amines) is 1. The van der Waals surface area contributed by atoms with Gasteiger partial charge in [0.25, 0.3) is 0 Å². The van der Waals surface area contributed by atoms with E-state index in [0.717, 1.165) is 62.0 Å². The van der Waals surface area contributed by atoms with Crippen molar-refractivity contribution in [1.82, 2.24) is 25.1 Å². The van der Waals surface area contributed by atoms with Crippen molar-refractivity contribution >= 4 is 42.1 Å². The second-order valence-electron chi connectivity index (χ2n) is 6.63. The molecule has 0 spiro atoms. The third-order valence-electron chi connectivity index (χ3n) is 4.98. The number of carbonyl (C=O) groups is 1. The van der Waals surface area contributed by atoms with Crippen molar-refractivity contribution in [2.45, 2.75) is 18.9 Å². The summed E-state index contributed by atoms with van der Waals surface area (Å²) in [5.74, 6) is 0.195. The van der Waals surface area contributed by atoms with Crippen molar-refractivity contribution < 1.29 is 4.79 Å². The zero-order chi connectivity index (χ0) is 17.1. The number of halogens is 2. The maximum absolute atomic E-state index is 12.6. The van der Waals surface area contributed by atoms with Crippen LogP contribution in [0.3, 0.4) is 0 Å². The molecule has 4 rings (SSSR count). The lowest BCUT2D eigenvalue weighted by atomic mass is 10.2. The molecule has 2 aliphatic rings. The van der Waals surface area contributed by atoms with Crippen LogP contribution >= 0.6 is 36.2 Å². The molecular formula is C18H25Cl2N5OS. The van der Waals surface area contributed by atoms with E-state index in [-0.39, 0.29) is 30.7 Å². The highest BCUT2D eigenvalue weighted by molar-refractivity contribution is 7.13. The van der Waals surface area contributed by atoms with E-state index in [1.54, 1.807) is 17.5 Å². The molecule has 4 heterocycles. The molecule has 2 aliphatic heterocycles. The summed E-state index contributed by atoms with van der Waals surface area (Å²) in [5, 5.41) is 6.30. The number of hydrogen-bond donors (Lipinski definition) is 1. The van der Waals surface area contributed by atoms with Crippen LogP contribution in [0.4, 0.5) is 0 Å². The fourth-order valence-corrected chi connectivity index (χ4v) is 4.40. The molecule has 0 aliphatic carbocycles. The average molecular weight is 430 g/mol. The number of nitrogens with one attached hydrogen (secondary N) is 1. The van der Waals surface area contributed by atoms with Crippen LogP contribution in [0.2, 0.25) is 0 Å². The first-order valence-corrected chi connectivity index (χ1v) is 9.75. The highest BCUT2D eigenvalue weighted by Crippen LogP contribution is 2.23. The molecule has 6 nitrogen and oxygen atoms in total. The van der Waals surface area contributed by atoms with Crippen molar-refractivity contribution in [3.63, 3.8) is 0 Å². The molecule has 1 unspecified atom stereocenters. The number of nitrogens with zero attached hydrogens (tertiary/aromatic N) is 4. The molecule has 9 heteroatoms. The molecule has 1 N–H and O–H groups in total. The van der Waals surface area contributed by atoms with E-state index in [9.17, 15) is 4.79 Å². The van der Waals surface area contributed by atoms with Gasteiger partial charge in [-0.1, -0.05) is 0 Å². The number of aromatic nitrogens is 2. The molecule has 0 saturated carbocycles. The Balaban J connectivity index is 0.00000131. The number of amides is 1. The monoisotopic (exact) mass is 429 g/mol. The predicted octanol–water partition coefficient (Wildman–Crippen LogP) is 2.10. The first kappa shape index (κ1) is 22.0. The van der Waals surface area contributed by atoms with Gasteiger partial charge in [0.2, 0.25) is 5.91 Å². The van der Waals surface area contributed by atoms with E-state index in [0.29, 0.717) is 12.5 Å². The molecule has 2 aromatic heterocycles.